The predicted octanol–water partition coefficient (Wildman–Crippen LogP) is 3.49. The van der Waals surface area contributed by atoms with Crippen LogP contribution in [0.5, 0.6) is 5.75 Å². The first kappa shape index (κ1) is 20.4. The van der Waals surface area contributed by atoms with Crippen molar-refractivity contribution in [2.24, 2.45) is 5.10 Å². The summed E-state index contributed by atoms with van der Waals surface area (Å²) in [6, 6.07) is 10.9. The average molecular weight is 434 g/mol. The van der Waals surface area contributed by atoms with Crippen molar-refractivity contribution in [3.8, 4) is 5.75 Å². The molecule has 1 aromatic carbocycles. The number of allylic oxidation sites excluding steroid dienone is 2. The van der Waals surface area contributed by atoms with E-state index < -0.39 is 11.9 Å². The SMILES string of the molecule is C=COC(=O)C1=NN(c2ccccn2)C(=O)C1=C/C=C1/Sc2cc(OC)ccc2N1C. The molecule has 0 saturated carbocycles. The van der Waals surface area contributed by atoms with Gasteiger partial charge in [0.15, 0.2) is 11.5 Å². The molecule has 0 spiro atoms. The number of hydrazone groups is 1. The Hall–Kier alpha value is -3.85. The number of hydrogen-bond donors (Lipinski definition) is 0. The molecule has 156 valence electrons. The van der Waals surface area contributed by atoms with Gasteiger partial charge in [-0.2, -0.15) is 10.1 Å². The second kappa shape index (κ2) is 8.49. The molecule has 0 fully saturated rings. The van der Waals surface area contributed by atoms with Crippen LogP contribution >= 0.6 is 11.8 Å². The topological polar surface area (TPSA) is 84.3 Å². The second-order valence-corrected chi connectivity index (χ2v) is 7.47. The van der Waals surface area contributed by atoms with E-state index in [0.29, 0.717) is 5.82 Å². The highest BCUT2D eigenvalue weighted by Crippen LogP contribution is 2.46. The summed E-state index contributed by atoms with van der Waals surface area (Å²) in [5.41, 5.74) is 1.01. The zero-order valence-corrected chi connectivity index (χ0v) is 17.6. The molecule has 0 atom stereocenters. The molecule has 2 aromatic rings. The maximum atomic E-state index is 13.0. The number of aromatic nitrogens is 1. The van der Waals surface area contributed by atoms with Crippen LogP contribution < -0.4 is 14.6 Å². The van der Waals surface area contributed by atoms with Gasteiger partial charge in [0.25, 0.3) is 5.91 Å². The van der Waals surface area contributed by atoms with Gasteiger partial charge in [-0.1, -0.05) is 24.4 Å². The molecule has 2 aliphatic rings. The number of rotatable bonds is 5. The van der Waals surface area contributed by atoms with Gasteiger partial charge in [0, 0.05) is 18.1 Å². The van der Waals surface area contributed by atoms with Crippen LogP contribution in [0.3, 0.4) is 0 Å². The van der Waals surface area contributed by atoms with Crippen molar-refractivity contribution in [2.75, 3.05) is 24.1 Å². The lowest BCUT2D eigenvalue weighted by Gasteiger charge is -2.13. The van der Waals surface area contributed by atoms with Crippen molar-refractivity contribution in [3.05, 3.63) is 78.2 Å². The fourth-order valence-corrected chi connectivity index (χ4v) is 4.14. The lowest BCUT2D eigenvalue weighted by molar-refractivity contribution is -0.130. The molecule has 0 saturated heterocycles. The number of carbonyl (C=O) groups excluding carboxylic acids is 2. The summed E-state index contributed by atoms with van der Waals surface area (Å²) in [4.78, 5) is 32.5. The van der Waals surface area contributed by atoms with Gasteiger partial charge in [-0.25, -0.2) is 9.78 Å². The third-order valence-electron chi connectivity index (χ3n) is 4.59. The summed E-state index contributed by atoms with van der Waals surface area (Å²) in [6.45, 7) is 3.39. The highest BCUT2D eigenvalue weighted by Gasteiger charge is 2.36. The Morgan fingerprint density at radius 3 is 2.77 bits per heavy atom. The number of anilines is 2. The minimum atomic E-state index is -0.771. The molecular formula is C22H18N4O4S. The van der Waals surface area contributed by atoms with Crippen LogP contribution in [0.2, 0.25) is 0 Å². The normalized spacial score (nSPS) is 17.7. The number of carbonyl (C=O) groups is 2. The molecule has 0 bridgehead atoms. The number of thioether (sulfide) groups is 1. The number of methoxy groups -OCH3 is 1. The second-order valence-electron chi connectivity index (χ2n) is 6.41. The average Bonchev–Trinajstić information content (AvgIpc) is 3.29. The number of nitrogens with zero attached hydrogens (tertiary/aromatic N) is 4. The van der Waals surface area contributed by atoms with Crippen molar-refractivity contribution < 1.29 is 19.1 Å². The summed E-state index contributed by atoms with van der Waals surface area (Å²) in [5.74, 6) is -0.180. The zero-order valence-electron chi connectivity index (χ0n) is 16.8. The molecule has 1 amide bonds. The van der Waals surface area contributed by atoms with Crippen molar-refractivity contribution in [1.82, 2.24) is 4.98 Å². The minimum absolute atomic E-state index is 0.104. The van der Waals surface area contributed by atoms with E-state index in [1.165, 1.54) is 11.8 Å². The Bertz CT molecular complexity index is 1160. The largest absolute Gasteiger partial charge is 0.497 e. The smallest absolute Gasteiger partial charge is 0.364 e. The van der Waals surface area contributed by atoms with Gasteiger partial charge in [0.2, 0.25) is 0 Å². The fourth-order valence-electron chi connectivity index (χ4n) is 3.06. The van der Waals surface area contributed by atoms with Crippen molar-refractivity contribution in [2.45, 2.75) is 4.90 Å². The number of hydrogen-bond acceptors (Lipinski definition) is 8. The lowest BCUT2D eigenvalue weighted by Crippen LogP contribution is -2.23. The zero-order chi connectivity index (χ0) is 22.0. The first-order chi connectivity index (χ1) is 15.0. The first-order valence-electron chi connectivity index (χ1n) is 9.21. The Morgan fingerprint density at radius 1 is 1.23 bits per heavy atom. The van der Waals surface area contributed by atoms with Crippen molar-refractivity contribution in [3.63, 3.8) is 0 Å². The van der Waals surface area contributed by atoms with E-state index in [1.807, 2.05) is 30.1 Å². The molecule has 1 aromatic heterocycles. The molecule has 3 heterocycles. The van der Waals surface area contributed by atoms with Gasteiger partial charge in [-0.05, 0) is 42.5 Å². The van der Waals surface area contributed by atoms with Gasteiger partial charge in [-0.3, -0.25) is 4.79 Å². The summed E-state index contributed by atoms with van der Waals surface area (Å²) >= 11 is 1.53. The molecule has 31 heavy (non-hydrogen) atoms. The summed E-state index contributed by atoms with van der Waals surface area (Å²) in [7, 11) is 3.54. The van der Waals surface area contributed by atoms with E-state index in [4.69, 9.17) is 9.47 Å². The number of amides is 1. The number of ether oxygens (including phenoxy) is 2. The Balaban J connectivity index is 1.68. The van der Waals surface area contributed by atoms with Crippen LogP contribution in [0.4, 0.5) is 11.5 Å². The molecule has 8 nitrogen and oxygen atoms in total. The van der Waals surface area contributed by atoms with Crippen LogP contribution in [0.25, 0.3) is 0 Å². The van der Waals surface area contributed by atoms with Crippen molar-refractivity contribution >= 4 is 40.9 Å². The quantitative estimate of drug-likeness (QED) is 0.405. The Labute approximate surface area is 183 Å². The highest BCUT2D eigenvalue weighted by atomic mass is 32.2. The molecular weight excluding hydrogens is 416 g/mol. The summed E-state index contributed by atoms with van der Waals surface area (Å²) in [6.07, 6.45) is 5.87. The monoisotopic (exact) mass is 434 g/mol. The van der Waals surface area contributed by atoms with Crippen LogP contribution in [-0.4, -0.2) is 36.7 Å². The molecule has 0 radical (unpaired) electrons. The number of esters is 1. The van der Waals surface area contributed by atoms with Crippen LogP contribution in [0.15, 0.2) is 88.2 Å². The Kier molecular flexibility index (Phi) is 5.59. The van der Waals surface area contributed by atoms with E-state index >= 15 is 0 Å². The third kappa shape index (κ3) is 3.82. The number of pyridine rings is 1. The van der Waals surface area contributed by atoms with Gasteiger partial charge in [-0.15, -0.1) is 0 Å². The molecule has 0 aliphatic carbocycles. The third-order valence-corrected chi connectivity index (χ3v) is 5.76. The summed E-state index contributed by atoms with van der Waals surface area (Å²) < 4.78 is 10.1. The molecule has 0 N–H and O–H groups in total. The standard InChI is InChI=1S/C22H18N4O4S/c1-4-30-22(28)20-15(21(27)26(24-20)18-7-5-6-12-23-18)9-11-19-25(2)16-10-8-14(29-3)13-17(16)31-19/h4-13H,1H2,2-3H3/b15-9?,19-11+. The van der Waals surface area contributed by atoms with E-state index in [0.717, 1.165) is 32.6 Å². The number of benzene rings is 1. The minimum Gasteiger partial charge on any atom is -0.497 e. The van der Waals surface area contributed by atoms with Gasteiger partial charge in [0.1, 0.15) is 5.75 Å². The van der Waals surface area contributed by atoms with E-state index in [9.17, 15) is 9.59 Å². The van der Waals surface area contributed by atoms with E-state index in [1.54, 1.807) is 43.7 Å². The lowest BCUT2D eigenvalue weighted by atomic mass is 10.1. The van der Waals surface area contributed by atoms with Gasteiger partial charge < -0.3 is 14.4 Å². The fraction of sp³-hybridized carbons (Fsp3) is 0.0909. The summed E-state index contributed by atoms with van der Waals surface area (Å²) in [5, 5.41) is 6.10. The first-order valence-corrected chi connectivity index (χ1v) is 10.0. The van der Waals surface area contributed by atoms with Gasteiger partial charge >= 0.3 is 5.97 Å². The Morgan fingerprint density at radius 2 is 2.06 bits per heavy atom. The molecule has 0 unspecified atom stereocenters. The van der Waals surface area contributed by atoms with Crippen LogP contribution in [-0.2, 0) is 14.3 Å². The van der Waals surface area contributed by atoms with Crippen LogP contribution in [0, 0.1) is 0 Å². The van der Waals surface area contributed by atoms with E-state index in [2.05, 4.69) is 16.7 Å². The maximum absolute atomic E-state index is 13.0. The van der Waals surface area contributed by atoms with Crippen molar-refractivity contribution in [1.29, 1.82) is 0 Å². The maximum Gasteiger partial charge on any atom is 0.364 e. The van der Waals surface area contributed by atoms with Gasteiger partial charge in [0.05, 0.1) is 29.7 Å². The molecule has 2 aliphatic heterocycles. The number of fused-ring (bicyclic) bond motifs is 1. The van der Waals surface area contributed by atoms with Crippen LogP contribution in [0.1, 0.15) is 0 Å². The highest BCUT2D eigenvalue weighted by molar-refractivity contribution is 8.03. The predicted molar refractivity (Wildman–Crippen MR) is 119 cm³/mol. The molecule has 4 rings (SSSR count). The molecule has 9 heteroatoms. The van der Waals surface area contributed by atoms with E-state index in [-0.39, 0.29) is 11.3 Å².